The first-order valence-electron chi connectivity index (χ1n) is 2.81. The van der Waals surface area contributed by atoms with Crippen LogP contribution in [0.25, 0.3) is 0 Å². The number of carbonyl (C=O) groups excluding carboxylic acids is 1. The van der Waals surface area contributed by atoms with Gasteiger partial charge in [0, 0.05) is 6.08 Å². The van der Waals surface area contributed by atoms with E-state index in [2.05, 4.69) is 6.58 Å². The van der Waals surface area contributed by atoms with Gasteiger partial charge in [0.15, 0.2) is 0 Å². The molecule has 10 heavy (non-hydrogen) atoms. The Kier molecular flexibility index (Phi) is 5.74. The largest absolute Gasteiger partial charge is 1.00 e. The quantitative estimate of drug-likeness (QED) is 0.252. The maximum Gasteiger partial charge on any atom is 1.00 e. The van der Waals surface area contributed by atoms with E-state index in [9.17, 15) is 4.79 Å². The van der Waals surface area contributed by atoms with Crippen molar-refractivity contribution >= 4 is 5.97 Å². The summed E-state index contributed by atoms with van der Waals surface area (Å²) in [6, 6.07) is 0. The van der Waals surface area contributed by atoms with Crippen LogP contribution >= 0.6 is 0 Å². The summed E-state index contributed by atoms with van der Waals surface area (Å²) in [5, 5.41) is 0. The molecule has 2 nitrogen and oxygen atoms in total. The molecule has 0 unspecified atom stereocenters. The molecule has 0 amide bonds. The fourth-order valence-corrected chi connectivity index (χ4v) is 0.343. The van der Waals surface area contributed by atoms with E-state index in [1.807, 2.05) is 20.8 Å². The summed E-state index contributed by atoms with van der Waals surface area (Å²) in [4.78, 5) is 10.5. The van der Waals surface area contributed by atoms with Crippen molar-refractivity contribution in [1.82, 2.24) is 0 Å². The van der Waals surface area contributed by atoms with Gasteiger partial charge in [-0.05, 0) is 20.8 Å². The first-order valence-corrected chi connectivity index (χ1v) is 2.81. The molecular formula is C7H13LiO2. The second-order valence-corrected chi connectivity index (χ2v) is 2.74. The first-order chi connectivity index (χ1) is 3.95. The molecular weight excluding hydrogens is 123 g/mol. The van der Waals surface area contributed by atoms with Gasteiger partial charge in [-0.15, -0.1) is 0 Å². The number of hydrogen-bond acceptors (Lipinski definition) is 2. The van der Waals surface area contributed by atoms with Crippen LogP contribution in [0.15, 0.2) is 12.7 Å². The minimum Gasteiger partial charge on any atom is -1.00 e. The van der Waals surface area contributed by atoms with Gasteiger partial charge in [-0.2, -0.15) is 0 Å². The molecule has 54 valence electrons. The van der Waals surface area contributed by atoms with Crippen LogP contribution in [-0.4, -0.2) is 11.6 Å². The molecule has 0 spiro atoms. The second kappa shape index (κ2) is 4.60. The minimum atomic E-state index is -0.398. The van der Waals surface area contributed by atoms with Crippen molar-refractivity contribution in [2.24, 2.45) is 0 Å². The Labute approximate surface area is 75.3 Å². The summed E-state index contributed by atoms with van der Waals surface area (Å²) < 4.78 is 4.83. The molecule has 3 heteroatoms. The summed E-state index contributed by atoms with van der Waals surface area (Å²) in [5.41, 5.74) is -0.398. The van der Waals surface area contributed by atoms with Crippen molar-refractivity contribution < 1.29 is 29.8 Å². The summed E-state index contributed by atoms with van der Waals surface area (Å²) >= 11 is 0. The fraction of sp³-hybridized carbons (Fsp3) is 0.571. The Balaban J connectivity index is -0.000000320. The smallest absolute Gasteiger partial charge is 1.00 e. The molecule has 0 aromatic rings. The molecule has 0 aromatic carbocycles. The van der Waals surface area contributed by atoms with E-state index in [1.165, 1.54) is 0 Å². The Morgan fingerprint density at radius 2 is 2.00 bits per heavy atom. The van der Waals surface area contributed by atoms with Crippen molar-refractivity contribution in [1.29, 1.82) is 0 Å². The summed E-state index contributed by atoms with van der Waals surface area (Å²) in [7, 11) is 0. The molecule has 0 saturated carbocycles. The third-order valence-corrected chi connectivity index (χ3v) is 0.573. The third kappa shape index (κ3) is 7.81. The number of esters is 1. The molecule has 0 aliphatic carbocycles. The SMILES string of the molecule is C=CC(=O)OC(C)(C)C.[H-].[Li+]. The molecule has 0 saturated heterocycles. The van der Waals surface area contributed by atoms with Crippen LogP contribution in [-0.2, 0) is 9.53 Å². The van der Waals surface area contributed by atoms with Crippen LogP contribution < -0.4 is 18.9 Å². The van der Waals surface area contributed by atoms with Crippen LogP contribution in [0.1, 0.15) is 22.2 Å². The van der Waals surface area contributed by atoms with Gasteiger partial charge in [0.05, 0.1) is 0 Å². The van der Waals surface area contributed by atoms with Gasteiger partial charge in [-0.3, -0.25) is 0 Å². The summed E-state index contributed by atoms with van der Waals surface area (Å²) in [5.74, 6) is -0.373. The molecule has 0 atom stereocenters. The van der Waals surface area contributed by atoms with Crippen molar-refractivity contribution in [3.63, 3.8) is 0 Å². The second-order valence-electron chi connectivity index (χ2n) is 2.74. The first kappa shape index (κ1) is 12.5. The molecule has 0 aliphatic rings. The summed E-state index contributed by atoms with van der Waals surface area (Å²) in [6.45, 7) is 8.71. The molecule has 0 aromatic heterocycles. The van der Waals surface area contributed by atoms with E-state index in [0.717, 1.165) is 6.08 Å². The number of ether oxygens (including phenoxy) is 1. The van der Waals surface area contributed by atoms with Crippen LogP contribution in [0.2, 0.25) is 0 Å². The van der Waals surface area contributed by atoms with Gasteiger partial charge in [-0.1, -0.05) is 6.58 Å². The third-order valence-electron chi connectivity index (χ3n) is 0.573. The molecule has 0 heterocycles. The van der Waals surface area contributed by atoms with Crippen LogP contribution in [0, 0.1) is 0 Å². The molecule has 0 N–H and O–H groups in total. The van der Waals surface area contributed by atoms with Crippen molar-refractivity contribution in [3.8, 4) is 0 Å². The van der Waals surface area contributed by atoms with Gasteiger partial charge in [0.1, 0.15) is 5.60 Å². The number of hydrogen-bond donors (Lipinski definition) is 0. The van der Waals surface area contributed by atoms with E-state index >= 15 is 0 Å². The number of carbonyl (C=O) groups is 1. The van der Waals surface area contributed by atoms with Crippen molar-refractivity contribution in [2.45, 2.75) is 26.4 Å². The Morgan fingerprint density at radius 1 is 1.60 bits per heavy atom. The Hall–Kier alpha value is -0.193. The van der Waals surface area contributed by atoms with E-state index in [-0.39, 0.29) is 26.3 Å². The predicted molar refractivity (Wildman–Crippen MR) is 37.2 cm³/mol. The Bertz CT molecular complexity index is 129. The monoisotopic (exact) mass is 136 g/mol. The van der Waals surface area contributed by atoms with E-state index in [4.69, 9.17) is 4.74 Å². The van der Waals surface area contributed by atoms with Gasteiger partial charge in [-0.25, -0.2) is 4.79 Å². The molecule has 0 rings (SSSR count). The van der Waals surface area contributed by atoms with Gasteiger partial charge in [0.2, 0.25) is 0 Å². The fourth-order valence-electron chi connectivity index (χ4n) is 0.343. The molecule has 0 aliphatic heterocycles. The van der Waals surface area contributed by atoms with E-state index in [1.54, 1.807) is 0 Å². The van der Waals surface area contributed by atoms with Gasteiger partial charge < -0.3 is 6.16 Å². The topological polar surface area (TPSA) is 26.3 Å². The Morgan fingerprint density at radius 3 is 2.10 bits per heavy atom. The number of rotatable bonds is 1. The van der Waals surface area contributed by atoms with Crippen LogP contribution in [0.3, 0.4) is 0 Å². The van der Waals surface area contributed by atoms with Crippen molar-refractivity contribution in [2.75, 3.05) is 0 Å². The van der Waals surface area contributed by atoms with Crippen LogP contribution in [0.5, 0.6) is 0 Å². The average molecular weight is 136 g/mol. The average Bonchev–Trinajstić information content (AvgIpc) is 1.62. The van der Waals surface area contributed by atoms with E-state index in [0.29, 0.717) is 0 Å². The standard InChI is InChI=1S/C7H12O2.Li.H/c1-5-6(8)9-7(2,3)4;;/h5H,1H2,2-4H3;;/q;+1;-1. The zero-order chi connectivity index (χ0) is 7.49. The molecule has 0 bridgehead atoms. The maximum absolute atomic E-state index is 10.5. The van der Waals surface area contributed by atoms with Gasteiger partial charge >= 0.3 is 24.8 Å². The maximum atomic E-state index is 10.5. The zero-order valence-corrected chi connectivity index (χ0v) is 7.10. The van der Waals surface area contributed by atoms with Gasteiger partial charge in [0.25, 0.3) is 0 Å². The molecule has 0 radical (unpaired) electrons. The summed E-state index contributed by atoms with van der Waals surface area (Å²) in [6.07, 6.45) is 1.16. The molecule has 0 fully saturated rings. The minimum absolute atomic E-state index is 0. The normalized spacial score (nSPS) is 9.50. The predicted octanol–water partition coefficient (Wildman–Crippen LogP) is -1.37. The van der Waals surface area contributed by atoms with E-state index < -0.39 is 5.60 Å². The van der Waals surface area contributed by atoms with Crippen molar-refractivity contribution in [3.05, 3.63) is 12.7 Å². The van der Waals surface area contributed by atoms with Crippen LogP contribution in [0.4, 0.5) is 0 Å². The zero-order valence-electron chi connectivity index (χ0n) is 8.10.